The van der Waals surface area contributed by atoms with Crippen LogP contribution in [0, 0.1) is 0 Å². The summed E-state index contributed by atoms with van der Waals surface area (Å²) in [5.74, 6) is 0. The summed E-state index contributed by atoms with van der Waals surface area (Å²) >= 11 is 0. The summed E-state index contributed by atoms with van der Waals surface area (Å²) in [5.41, 5.74) is 0. The van der Waals surface area contributed by atoms with E-state index in [-0.39, 0.29) is 6.61 Å². The second-order valence-corrected chi connectivity index (χ2v) is 3.87. The minimum Gasteiger partial charge on any atom is -0.396 e. The molecule has 90 valence electrons. The van der Waals surface area contributed by atoms with Crippen LogP contribution in [0.5, 0.6) is 0 Å². The Morgan fingerprint density at radius 1 is 0.867 bits per heavy atom. The average molecular weight is 216 g/mol. The van der Waals surface area contributed by atoms with Crippen LogP contribution in [-0.4, -0.2) is 63.6 Å². The van der Waals surface area contributed by atoms with Crippen molar-refractivity contribution < 1.29 is 5.11 Å². The van der Waals surface area contributed by atoms with E-state index in [1.807, 2.05) is 0 Å². The molecular formula is C10H24N4O. The van der Waals surface area contributed by atoms with Crippen molar-refractivity contribution in [2.24, 2.45) is 0 Å². The predicted molar refractivity (Wildman–Crippen MR) is 62.1 cm³/mol. The summed E-state index contributed by atoms with van der Waals surface area (Å²) in [6.07, 6.45) is 0.820. The number of hydrogen-bond donors (Lipinski definition) is 5. The van der Waals surface area contributed by atoms with Gasteiger partial charge in [-0.3, -0.25) is 0 Å². The molecular weight excluding hydrogens is 192 g/mol. The van der Waals surface area contributed by atoms with Crippen LogP contribution in [0.15, 0.2) is 0 Å². The Morgan fingerprint density at radius 3 is 2.13 bits per heavy atom. The summed E-state index contributed by atoms with van der Waals surface area (Å²) in [7, 11) is 0. The van der Waals surface area contributed by atoms with E-state index in [2.05, 4.69) is 21.3 Å². The lowest BCUT2D eigenvalue weighted by Gasteiger charge is -2.20. The van der Waals surface area contributed by atoms with E-state index in [9.17, 15) is 0 Å². The van der Waals surface area contributed by atoms with Gasteiger partial charge < -0.3 is 26.4 Å². The molecule has 0 aromatic heterocycles. The highest BCUT2D eigenvalue weighted by Crippen LogP contribution is 1.88. The number of aliphatic hydroxyl groups is 1. The van der Waals surface area contributed by atoms with Crippen LogP contribution in [0.4, 0.5) is 0 Å². The van der Waals surface area contributed by atoms with Gasteiger partial charge in [0.15, 0.2) is 0 Å². The molecule has 1 heterocycles. The van der Waals surface area contributed by atoms with Crippen LogP contribution < -0.4 is 21.3 Å². The Morgan fingerprint density at radius 2 is 1.47 bits per heavy atom. The Kier molecular flexibility index (Phi) is 7.77. The van der Waals surface area contributed by atoms with Crippen molar-refractivity contribution in [2.45, 2.75) is 12.5 Å². The first-order chi connectivity index (χ1) is 7.43. The Hall–Kier alpha value is -0.200. The normalized spacial score (nSPS) is 26.6. The summed E-state index contributed by atoms with van der Waals surface area (Å²) in [5, 5.41) is 22.4. The zero-order valence-corrected chi connectivity index (χ0v) is 9.39. The summed E-state index contributed by atoms with van der Waals surface area (Å²) in [4.78, 5) is 0. The topological polar surface area (TPSA) is 68.3 Å². The van der Waals surface area contributed by atoms with Crippen LogP contribution in [-0.2, 0) is 0 Å². The summed E-state index contributed by atoms with van der Waals surface area (Å²) in [6.45, 7) is 7.19. The van der Waals surface area contributed by atoms with Gasteiger partial charge in [-0.1, -0.05) is 0 Å². The van der Waals surface area contributed by atoms with Crippen LogP contribution in [0.2, 0.25) is 0 Å². The number of aliphatic hydroxyl groups excluding tert-OH is 1. The smallest absolute Gasteiger partial charge is 0.0446 e. The Balaban J connectivity index is 2.19. The van der Waals surface area contributed by atoms with E-state index in [0.29, 0.717) is 6.04 Å². The van der Waals surface area contributed by atoms with Gasteiger partial charge in [0.05, 0.1) is 0 Å². The second kappa shape index (κ2) is 9.06. The van der Waals surface area contributed by atoms with Crippen LogP contribution in [0.3, 0.4) is 0 Å². The Labute approximate surface area is 92.0 Å². The molecule has 0 aliphatic carbocycles. The molecule has 5 heteroatoms. The lowest BCUT2D eigenvalue weighted by atomic mass is 10.2. The molecule has 5 nitrogen and oxygen atoms in total. The predicted octanol–water partition coefficient (Wildman–Crippen LogP) is -1.89. The molecule has 0 bridgehead atoms. The van der Waals surface area contributed by atoms with E-state index >= 15 is 0 Å². The monoisotopic (exact) mass is 216 g/mol. The molecule has 1 rings (SSSR count). The molecule has 0 saturated carbocycles. The first-order valence-corrected chi connectivity index (χ1v) is 5.90. The third-order valence-electron chi connectivity index (χ3n) is 2.56. The van der Waals surface area contributed by atoms with Gasteiger partial charge in [-0.2, -0.15) is 0 Å². The first-order valence-electron chi connectivity index (χ1n) is 5.90. The van der Waals surface area contributed by atoms with Gasteiger partial charge in [0.2, 0.25) is 0 Å². The van der Waals surface area contributed by atoms with E-state index in [1.54, 1.807) is 0 Å². The highest BCUT2D eigenvalue weighted by atomic mass is 16.3. The number of hydrogen-bond acceptors (Lipinski definition) is 5. The van der Waals surface area contributed by atoms with E-state index in [0.717, 1.165) is 52.2 Å². The molecule has 1 atom stereocenters. The molecule has 0 aromatic rings. The lowest BCUT2D eigenvalue weighted by molar-refractivity contribution is 0.262. The molecule has 1 unspecified atom stereocenters. The van der Waals surface area contributed by atoms with Gasteiger partial charge >= 0.3 is 0 Å². The third-order valence-corrected chi connectivity index (χ3v) is 2.56. The van der Waals surface area contributed by atoms with Crippen LogP contribution in [0.1, 0.15) is 6.42 Å². The third kappa shape index (κ3) is 6.81. The highest BCUT2D eigenvalue weighted by molar-refractivity contribution is 4.71. The van der Waals surface area contributed by atoms with Crippen molar-refractivity contribution in [3.8, 4) is 0 Å². The van der Waals surface area contributed by atoms with Crippen molar-refractivity contribution >= 4 is 0 Å². The Bertz CT molecular complexity index is 133. The zero-order valence-electron chi connectivity index (χ0n) is 9.39. The van der Waals surface area contributed by atoms with Crippen molar-refractivity contribution in [2.75, 3.05) is 52.4 Å². The number of nitrogens with one attached hydrogen (secondary N) is 4. The maximum absolute atomic E-state index is 8.91. The number of rotatable bonds is 2. The fourth-order valence-corrected chi connectivity index (χ4v) is 1.68. The van der Waals surface area contributed by atoms with Gasteiger partial charge in [-0.15, -0.1) is 0 Å². The van der Waals surface area contributed by atoms with E-state index < -0.39 is 0 Å². The molecule has 0 spiro atoms. The van der Waals surface area contributed by atoms with Crippen molar-refractivity contribution in [1.82, 2.24) is 21.3 Å². The molecule has 1 aliphatic rings. The lowest BCUT2D eigenvalue weighted by Crippen LogP contribution is -2.45. The molecule has 0 amide bonds. The second-order valence-electron chi connectivity index (χ2n) is 3.87. The molecule has 1 aliphatic heterocycles. The molecule has 0 aromatic carbocycles. The van der Waals surface area contributed by atoms with Crippen molar-refractivity contribution in [3.05, 3.63) is 0 Å². The first kappa shape index (κ1) is 12.9. The molecule has 15 heavy (non-hydrogen) atoms. The van der Waals surface area contributed by atoms with Gasteiger partial charge in [0.1, 0.15) is 0 Å². The molecule has 5 N–H and O–H groups in total. The molecule has 1 saturated heterocycles. The largest absolute Gasteiger partial charge is 0.396 e. The molecule has 1 fully saturated rings. The summed E-state index contributed by atoms with van der Waals surface area (Å²) in [6, 6.07) is 0.385. The zero-order chi connectivity index (χ0) is 10.8. The maximum atomic E-state index is 8.91. The fraction of sp³-hybridized carbons (Fsp3) is 1.00. The van der Waals surface area contributed by atoms with Gasteiger partial charge in [-0.25, -0.2) is 0 Å². The standard InChI is InChI=1S/C10H24N4O/c15-8-1-10-9-13-5-4-11-2-3-12-6-7-14-10/h10-15H,1-9H2. The average Bonchev–Trinajstić information content (AvgIpc) is 2.22. The van der Waals surface area contributed by atoms with Gasteiger partial charge in [-0.05, 0) is 6.42 Å². The van der Waals surface area contributed by atoms with Crippen molar-refractivity contribution in [1.29, 1.82) is 0 Å². The van der Waals surface area contributed by atoms with Crippen LogP contribution in [0.25, 0.3) is 0 Å². The highest BCUT2D eigenvalue weighted by Gasteiger charge is 2.06. The fourth-order valence-electron chi connectivity index (χ4n) is 1.68. The van der Waals surface area contributed by atoms with E-state index in [1.165, 1.54) is 0 Å². The van der Waals surface area contributed by atoms with Gasteiger partial charge in [0.25, 0.3) is 0 Å². The SMILES string of the molecule is OCCC1CNCCNCCNCCN1. The maximum Gasteiger partial charge on any atom is 0.0446 e. The minimum atomic E-state index is 0.255. The van der Waals surface area contributed by atoms with Gasteiger partial charge in [0, 0.05) is 58.5 Å². The minimum absolute atomic E-state index is 0.255. The van der Waals surface area contributed by atoms with E-state index in [4.69, 9.17) is 5.11 Å². The summed E-state index contributed by atoms with van der Waals surface area (Å²) < 4.78 is 0. The quantitative estimate of drug-likeness (QED) is 0.373. The van der Waals surface area contributed by atoms with Crippen LogP contribution >= 0.6 is 0 Å². The molecule has 0 radical (unpaired) electrons. The van der Waals surface area contributed by atoms with Crippen molar-refractivity contribution in [3.63, 3.8) is 0 Å².